The zero-order chi connectivity index (χ0) is 25.1. The monoisotopic (exact) mass is 477 g/mol. The van der Waals surface area contributed by atoms with Gasteiger partial charge in [-0.3, -0.25) is 14.3 Å². The van der Waals surface area contributed by atoms with Crippen LogP contribution in [0.4, 0.5) is 16.4 Å². The van der Waals surface area contributed by atoms with Crippen LogP contribution in [0.1, 0.15) is 24.9 Å². The SMILES string of the molecule is C#CCN(CC#N)C(=O)N1CC[C@@H](C)[C@@H](n2nc(NC(=O)C(=O)NC)c3c2-c2cc[nH]c2NC3)C1. The lowest BCUT2D eigenvalue weighted by molar-refractivity contribution is -0.135. The van der Waals surface area contributed by atoms with Gasteiger partial charge in [0.15, 0.2) is 5.82 Å². The van der Waals surface area contributed by atoms with Crippen molar-refractivity contribution >= 4 is 29.5 Å². The Morgan fingerprint density at radius 3 is 2.86 bits per heavy atom. The summed E-state index contributed by atoms with van der Waals surface area (Å²) in [6, 6.07) is 3.41. The zero-order valence-electron chi connectivity index (χ0n) is 19.6. The number of rotatable bonds is 4. The van der Waals surface area contributed by atoms with Gasteiger partial charge in [-0.2, -0.15) is 10.4 Å². The predicted octanol–water partition coefficient (Wildman–Crippen LogP) is 0.950. The predicted molar refractivity (Wildman–Crippen MR) is 128 cm³/mol. The number of terminal acetylenes is 1. The third kappa shape index (κ3) is 4.38. The average molecular weight is 478 g/mol. The van der Waals surface area contributed by atoms with Gasteiger partial charge in [-0.15, -0.1) is 6.42 Å². The van der Waals surface area contributed by atoms with Crippen LogP contribution in [0.15, 0.2) is 12.3 Å². The van der Waals surface area contributed by atoms with Crippen LogP contribution < -0.4 is 16.0 Å². The molecule has 1 saturated heterocycles. The van der Waals surface area contributed by atoms with Gasteiger partial charge in [0.25, 0.3) is 0 Å². The average Bonchev–Trinajstić information content (AvgIpc) is 3.48. The summed E-state index contributed by atoms with van der Waals surface area (Å²) in [5.74, 6) is 2.14. The van der Waals surface area contributed by atoms with Crippen LogP contribution in [0.5, 0.6) is 0 Å². The second-order valence-corrected chi connectivity index (χ2v) is 8.55. The summed E-state index contributed by atoms with van der Waals surface area (Å²) < 4.78 is 1.85. The molecule has 0 unspecified atom stereocenters. The maximum absolute atomic E-state index is 13.1. The number of fused-ring (bicyclic) bond motifs is 3. The number of piperidine rings is 1. The highest BCUT2D eigenvalue weighted by Crippen LogP contribution is 2.42. The van der Waals surface area contributed by atoms with Gasteiger partial charge >= 0.3 is 17.8 Å². The lowest BCUT2D eigenvalue weighted by Crippen LogP contribution is -2.50. The van der Waals surface area contributed by atoms with Crippen molar-refractivity contribution in [3.63, 3.8) is 0 Å². The molecular formula is C23H27N9O3. The highest BCUT2D eigenvalue weighted by molar-refractivity contribution is 6.39. The van der Waals surface area contributed by atoms with Gasteiger partial charge in [0, 0.05) is 44.0 Å². The van der Waals surface area contributed by atoms with E-state index in [1.54, 1.807) is 4.90 Å². The van der Waals surface area contributed by atoms with Crippen LogP contribution in [0.2, 0.25) is 0 Å². The van der Waals surface area contributed by atoms with E-state index in [4.69, 9.17) is 16.8 Å². The summed E-state index contributed by atoms with van der Waals surface area (Å²) in [6.45, 7) is 3.34. The minimum absolute atomic E-state index is 0.0499. The third-order valence-corrected chi connectivity index (χ3v) is 6.44. The van der Waals surface area contributed by atoms with Crippen LogP contribution >= 0.6 is 0 Å². The smallest absolute Gasteiger partial charge is 0.321 e. The molecule has 12 heteroatoms. The first-order valence-electron chi connectivity index (χ1n) is 11.3. The van der Waals surface area contributed by atoms with E-state index in [1.807, 2.05) is 23.0 Å². The lowest BCUT2D eigenvalue weighted by Gasteiger charge is -2.39. The number of H-pyrrole nitrogens is 1. The molecule has 2 aromatic rings. The van der Waals surface area contributed by atoms with E-state index in [0.717, 1.165) is 29.1 Å². The first-order valence-corrected chi connectivity index (χ1v) is 11.3. The van der Waals surface area contributed by atoms with Crippen molar-refractivity contribution in [1.82, 2.24) is 29.9 Å². The molecule has 0 saturated carbocycles. The molecule has 4 heterocycles. The summed E-state index contributed by atoms with van der Waals surface area (Å²) in [7, 11) is 1.38. The van der Waals surface area contributed by atoms with Crippen molar-refractivity contribution in [1.29, 1.82) is 5.26 Å². The summed E-state index contributed by atoms with van der Waals surface area (Å²) in [6.07, 6.45) is 7.93. The van der Waals surface area contributed by atoms with Gasteiger partial charge in [0.05, 0.1) is 24.3 Å². The Morgan fingerprint density at radius 2 is 2.14 bits per heavy atom. The minimum Gasteiger partial charge on any atom is -0.367 e. The fourth-order valence-corrected chi connectivity index (χ4v) is 4.56. The number of likely N-dealkylation sites (N-methyl/N-ethyl adjacent to an activating group) is 1. The second kappa shape index (κ2) is 9.81. The Kier molecular flexibility index (Phi) is 6.64. The van der Waals surface area contributed by atoms with E-state index in [2.05, 4.69) is 33.8 Å². The van der Waals surface area contributed by atoms with Crippen molar-refractivity contribution in [2.75, 3.05) is 43.9 Å². The molecule has 0 spiro atoms. The number of aromatic nitrogens is 3. The van der Waals surface area contributed by atoms with E-state index < -0.39 is 11.8 Å². The third-order valence-electron chi connectivity index (χ3n) is 6.44. The molecule has 1 fully saturated rings. The number of urea groups is 1. The maximum Gasteiger partial charge on any atom is 0.321 e. The zero-order valence-corrected chi connectivity index (χ0v) is 19.6. The summed E-state index contributed by atoms with van der Waals surface area (Å²) in [4.78, 5) is 43.5. The van der Waals surface area contributed by atoms with E-state index in [1.165, 1.54) is 11.9 Å². The normalized spacial score (nSPS) is 18.2. The number of nitrogens with zero attached hydrogens (tertiary/aromatic N) is 5. The number of carbonyl (C=O) groups excluding carboxylic acids is 3. The number of anilines is 2. The van der Waals surface area contributed by atoms with Crippen molar-refractivity contribution < 1.29 is 14.4 Å². The second-order valence-electron chi connectivity index (χ2n) is 8.55. The van der Waals surface area contributed by atoms with Crippen LogP contribution in [-0.4, -0.2) is 75.6 Å². The Labute approximate surface area is 202 Å². The number of hydrogen-bond donors (Lipinski definition) is 4. The number of nitriles is 1. The topological polar surface area (TPSA) is 151 Å². The number of likely N-dealkylation sites (tertiary alicyclic amines) is 1. The van der Waals surface area contributed by atoms with E-state index in [0.29, 0.717) is 25.5 Å². The van der Waals surface area contributed by atoms with Gasteiger partial charge in [0.1, 0.15) is 12.4 Å². The molecule has 0 bridgehead atoms. The van der Waals surface area contributed by atoms with Gasteiger partial charge < -0.3 is 30.7 Å². The Bertz CT molecular complexity index is 1220. The van der Waals surface area contributed by atoms with Crippen molar-refractivity contribution in [3.05, 3.63) is 17.8 Å². The fourth-order valence-electron chi connectivity index (χ4n) is 4.56. The molecule has 0 radical (unpaired) electrons. The minimum atomic E-state index is -0.810. The summed E-state index contributed by atoms with van der Waals surface area (Å²) in [5, 5.41) is 22.0. The Balaban J connectivity index is 1.71. The number of hydrogen-bond acceptors (Lipinski definition) is 6. The fraction of sp³-hybridized carbons (Fsp3) is 0.435. The molecule has 4 N–H and O–H groups in total. The first kappa shape index (κ1) is 23.7. The van der Waals surface area contributed by atoms with Crippen molar-refractivity contribution in [2.24, 2.45) is 5.92 Å². The molecule has 182 valence electrons. The largest absolute Gasteiger partial charge is 0.367 e. The molecule has 0 aromatic carbocycles. The Hall–Kier alpha value is -4.45. The molecule has 35 heavy (non-hydrogen) atoms. The molecule has 12 nitrogen and oxygen atoms in total. The van der Waals surface area contributed by atoms with Crippen molar-refractivity contribution in [3.8, 4) is 29.7 Å². The molecule has 2 aliphatic rings. The highest BCUT2D eigenvalue weighted by Gasteiger charge is 2.37. The standard InChI is InChI=1S/C23H27N9O3/c1-4-9-30(11-7-24)23(35)31-10-6-14(2)17(13-31)32-18-15-5-8-26-19(15)27-12-16(18)20(29-32)28-22(34)21(33)25-3/h1,5,8,14,17,26-27H,6,9-13H2,2-3H3,(H,25,33)(H,28,29,34)/t14-,17+/m1/s1. The van der Waals surface area contributed by atoms with Gasteiger partial charge in [-0.25, -0.2) is 4.79 Å². The lowest BCUT2D eigenvalue weighted by atomic mass is 9.92. The van der Waals surface area contributed by atoms with E-state index in [-0.39, 0.29) is 31.1 Å². The van der Waals surface area contributed by atoms with E-state index >= 15 is 0 Å². The number of aromatic amines is 1. The molecular weight excluding hydrogens is 450 g/mol. The molecule has 2 aromatic heterocycles. The van der Waals surface area contributed by atoms with Crippen molar-refractivity contribution in [2.45, 2.75) is 25.9 Å². The Morgan fingerprint density at radius 1 is 1.34 bits per heavy atom. The van der Waals surface area contributed by atoms with Crippen LogP contribution in [0, 0.1) is 29.6 Å². The number of carbonyl (C=O) groups is 3. The number of nitrogens with one attached hydrogen (secondary N) is 4. The van der Waals surface area contributed by atoms with Gasteiger partial charge in [0.2, 0.25) is 0 Å². The van der Waals surface area contributed by atoms with Crippen LogP contribution in [0.25, 0.3) is 11.3 Å². The molecule has 2 aliphatic heterocycles. The molecule has 4 amide bonds. The maximum atomic E-state index is 13.1. The van der Waals surface area contributed by atoms with Gasteiger partial charge in [-0.05, 0) is 18.4 Å². The van der Waals surface area contributed by atoms with E-state index in [9.17, 15) is 14.4 Å². The van der Waals surface area contributed by atoms with Crippen LogP contribution in [0.3, 0.4) is 0 Å². The van der Waals surface area contributed by atoms with Gasteiger partial charge in [-0.1, -0.05) is 12.8 Å². The summed E-state index contributed by atoms with van der Waals surface area (Å²) >= 11 is 0. The quantitative estimate of drug-likeness (QED) is 0.292. The van der Waals surface area contributed by atoms with Crippen LogP contribution in [-0.2, 0) is 16.1 Å². The first-order chi connectivity index (χ1) is 16.9. The molecule has 0 aliphatic carbocycles. The summed E-state index contributed by atoms with van der Waals surface area (Å²) in [5.41, 5.74) is 2.45. The number of amides is 4. The molecule has 4 rings (SSSR count). The molecule has 2 atom stereocenters. The highest BCUT2D eigenvalue weighted by atomic mass is 16.2.